The highest BCUT2D eigenvalue weighted by atomic mass is 19.4. The smallest absolute Gasteiger partial charge is 0.333 e. The number of urea groups is 1. The minimum Gasteiger partial charge on any atom is -0.333 e. The van der Waals surface area contributed by atoms with Crippen molar-refractivity contribution in [1.29, 1.82) is 0 Å². The first-order valence-corrected chi connectivity index (χ1v) is 15.7. The van der Waals surface area contributed by atoms with Gasteiger partial charge < -0.3 is 15.1 Å². The number of amides is 4. The monoisotopic (exact) mass is 695 g/mol. The number of hydrogen-bond donors (Lipinski definition) is 1. The molecule has 8 nitrogen and oxygen atoms in total. The van der Waals surface area contributed by atoms with Crippen molar-refractivity contribution in [1.82, 2.24) is 25.1 Å². The molecule has 0 spiro atoms. The fraction of sp³-hybridized carbons (Fsp3) is 0.250. The summed E-state index contributed by atoms with van der Waals surface area (Å²) in [4.78, 5) is 44.7. The van der Waals surface area contributed by atoms with Gasteiger partial charge in [0, 0.05) is 26.1 Å². The van der Waals surface area contributed by atoms with E-state index in [1.807, 2.05) is 6.07 Å². The number of rotatable bonds is 8. The molecule has 0 saturated carbocycles. The van der Waals surface area contributed by atoms with Crippen molar-refractivity contribution in [2.45, 2.75) is 44.4 Å². The molecule has 0 aliphatic carbocycles. The van der Waals surface area contributed by atoms with Gasteiger partial charge in [-0.15, -0.1) is 0 Å². The molecule has 260 valence electrons. The van der Waals surface area contributed by atoms with Crippen LogP contribution in [0.25, 0.3) is 0 Å². The van der Waals surface area contributed by atoms with Crippen molar-refractivity contribution in [3.63, 3.8) is 0 Å². The second kappa shape index (κ2) is 14.2. The lowest BCUT2D eigenvalue weighted by Crippen LogP contribution is -2.76. The summed E-state index contributed by atoms with van der Waals surface area (Å²) < 4.78 is 82.6. The predicted molar refractivity (Wildman–Crippen MR) is 169 cm³/mol. The van der Waals surface area contributed by atoms with E-state index in [0.717, 1.165) is 29.8 Å². The second-order valence-electron chi connectivity index (χ2n) is 12.1. The number of piperazine rings is 1. The van der Waals surface area contributed by atoms with E-state index in [9.17, 15) is 40.7 Å². The standard InChI is InChI=1S/C36H31F6N5O3/c37-28-12-9-24(10-13-28)20-45-22-33(48)46-31(17-25-11-14-29(38)30(39)16-25)34(49)44(19-26-7-4-8-27(15-26)36(40,41)42)21-32(46)47(45)35(50)43-18-23-5-2-1-3-6-23/h1-16,31-32H,17-22H2,(H,43,50)/t31-,32-/m0/s1. The Labute approximate surface area is 283 Å². The second-order valence-corrected chi connectivity index (χ2v) is 12.1. The van der Waals surface area contributed by atoms with Gasteiger partial charge in [0.15, 0.2) is 11.6 Å². The number of hydrogen-bond acceptors (Lipinski definition) is 4. The van der Waals surface area contributed by atoms with E-state index in [4.69, 9.17) is 0 Å². The fourth-order valence-corrected chi connectivity index (χ4v) is 6.29. The summed E-state index contributed by atoms with van der Waals surface area (Å²) >= 11 is 0. The molecule has 1 N–H and O–H groups in total. The predicted octanol–water partition coefficient (Wildman–Crippen LogP) is 5.87. The number of halogens is 6. The van der Waals surface area contributed by atoms with Gasteiger partial charge in [-0.2, -0.15) is 13.2 Å². The minimum atomic E-state index is -4.64. The van der Waals surface area contributed by atoms with Gasteiger partial charge in [-0.3, -0.25) is 9.59 Å². The normalized spacial score (nSPS) is 18.3. The van der Waals surface area contributed by atoms with Crippen LogP contribution in [0.1, 0.15) is 27.8 Å². The van der Waals surface area contributed by atoms with E-state index in [1.54, 1.807) is 24.3 Å². The third kappa shape index (κ3) is 7.59. The van der Waals surface area contributed by atoms with Gasteiger partial charge in [0.2, 0.25) is 11.8 Å². The maximum absolute atomic E-state index is 14.3. The van der Waals surface area contributed by atoms with Gasteiger partial charge in [-0.25, -0.2) is 28.0 Å². The van der Waals surface area contributed by atoms with Crippen LogP contribution in [0, 0.1) is 17.5 Å². The molecule has 2 fully saturated rings. The Morgan fingerprint density at radius 3 is 2.16 bits per heavy atom. The summed E-state index contributed by atoms with van der Waals surface area (Å²) in [5, 5.41) is 5.60. The van der Waals surface area contributed by atoms with Gasteiger partial charge in [-0.1, -0.05) is 60.7 Å². The Morgan fingerprint density at radius 1 is 0.760 bits per heavy atom. The number of carbonyl (C=O) groups excluding carboxylic acids is 3. The number of alkyl halides is 3. The molecule has 4 amide bonds. The summed E-state index contributed by atoms with van der Waals surface area (Å²) in [5.41, 5.74) is 0.762. The third-order valence-electron chi connectivity index (χ3n) is 8.64. The highest BCUT2D eigenvalue weighted by Crippen LogP contribution is 2.33. The molecular formula is C36H31F6N5O3. The van der Waals surface area contributed by atoms with Crippen LogP contribution in [0.5, 0.6) is 0 Å². The van der Waals surface area contributed by atoms with Crippen LogP contribution >= 0.6 is 0 Å². The quantitative estimate of drug-likeness (QED) is 0.234. The lowest BCUT2D eigenvalue weighted by atomic mass is 9.98. The number of nitrogens with zero attached hydrogens (tertiary/aromatic N) is 4. The molecule has 0 unspecified atom stereocenters. The minimum absolute atomic E-state index is 0.00939. The first kappa shape index (κ1) is 34.5. The average molecular weight is 696 g/mol. The Balaban J connectivity index is 1.39. The zero-order valence-corrected chi connectivity index (χ0v) is 26.4. The highest BCUT2D eigenvalue weighted by molar-refractivity contribution is 5.91. The van der Waals surface area contributed by atoms with E-state index < -0.39 is 59.2 Å². The topological polar surface area (TPSA) is 76.2 Å². The van der Waals surface area contributed by atoms with Crippen molar-refractivity contribution in [3.8, 4) is 0 Å². The maximum Gasteiger partial charge on any atom is 0.416 e. The van der Waals surface area contributed by atoms with Gasteiger partial charge >= 0.3 is 12.2 Å². The molecule has 4 aromatic rings. The van der Waals surface area contributed by atoms with E-state index in [2.05, 4.69) is 5.32 Å². The Bertz CT molecular complexity index is 1870. The van der Waals surface area contributed by atoms with Crippen molar-refractivity contribution < 1.29 is 40.7 Å². The molecule has 0 radical (unpaired) electrons. The number of carbonyl (C=O) groups is 3. The summed E-state index contributed by atoms with van der Waals surface area (Å²) in [6.45, 7) is -0.862. The zero-order chi connectivity index (χ0) is 35.6. The van der Waals surface area contributed by atoms with Gasteiger partial charge in [0.05, 0.1) is 18.7 Å². The average Bonchev–Trinajstić information content (AvgIpc) is 3.08. The number of benzene rings is 4. The summed E-state index contributed by atoms with van der Waals surface area (Å²) in [5.74, 6) is -3.96. The van der Waals surface area contributed by atoms with Crippen LogP contribution < -0.4 is 5.32 Å². The van der Waals surface area contributed by atoms with Crippen LogP contribution in [0.2, 0.25) is 0 Å². The van der Waals surface area contributed by atoms with Crippen LogP contribution in [0.4, 0.5) is 31.1 Å². The van der Waals surface area contributed by atoms with Gasteiger partial charge in [-0.05, 0) is 58.7 Å². The molecule has 2 aliphatic rings. The van der Waals surface area contributed by atoms with E-state index in [1.165, 1.54) is 62.3 Å². The molecule has 2 atom stereocenters. The molecule has 2 heterocycles. The summed E-state index contributed by atoms with van der Waals surface area (Å²) in [6.07, 6.45) is -6.07. The van der Waals surface area contributed by atoms with E-state index in [0.29, 0.717) is 5.56 Å². The van der Waals surface area contributed by atoms with Crippen LogP contribution in [0.3, 0.4) is 0 Å². The molecule has 14 heteroatoms. The van der Waals surface area contributed by atoms with Gasteiger partial charge in [0.1, 0.15) is 18.0 Å². The molecule has 0 aromatic heterocycles. The van der Waals surface area contributed by atoms with Crippen LogP contribution in [0.15, 0.2) is 97.1 Å². The molecule has 0 bridgehead atoms. The lowest BCUT2D eigenvalue weighted by molar-refractivity contribution is -0.192. The van der Waals surface area contributed by atoms with E-state index >= 15 is 0 Å². The molecule has 6 rings (SSSR count). The van der Waals surface area contributed by atoms with Crippen LogP contribution in [-0.2, 0) is 41.8 Å². The Hall–Kier alpha value is -5.37. The van der Waals surface area contributed by atoms with Crippen molar-refractivity contribution in [3.05, 3.63) is 142 Å². The molecule has 2 saturated heterocycles. The maximum atomic E-state index is 14.3. The number of hydrazine groups is 1. The fourth-order valence-electron chi connectivity index (χ4n) is 6.29. The highest BCUT2D eigenvalue weighted by Gasteiger charge is 2.51. The van der Waals surface area contributed by atoms with Crippen LogP contribution in [-0.4, -0.2) is 63.0 Å². The third-order valence-corrected chi connectivity index (χ3v) is 8.64. The molecular weight excluding hydrogens is 664 g/mol. The SMILES string of the molecule is O=C1[C@H](Cc2ccc(F)c(F)c2)N2C(=O)CN(Cc3ccc(F)cc3)N(C(=O)NCc3ccccc3)[C@H]2CN1Cc1cccc(C(F)(F)F)c1. The van der Waals surface area contributed by atoms with Gasteiger partial charge in [0.25, 0.3) is 0 Å². The first-order valence-electron chi connectivity index (χ1n) is 15.7. The van der Waals surface area contributed by atoms with E-state index in [-0.39, 0.29) is 50.3 Å². The zero-order valence-electron chi connectivity index (χ0n) is 26.4. The number of nitrogens with one attached hydrogen (secondary N) is 1. The Morgan fingerprint density at radius 2 is 1.46 bits per heavy atom. The van der Waals surface area contributed by atoms with Crippen molar-refractivity contribution in [2.24, 2.45) is 0 Å². The number of fused-ring (bicyclic) bond motifs is 1. The van der Waals surface area contributed by atoms with Crippen molar-refractivity contribution >= 4 is 17.8 Å². The van der Waals surface area contributed by atoms with Crippen molar-refractivity contribution in [2.75, 3.05) is 13.1 Å². The molecule has 4 aromatic carbocycles. The first-order chi connectivity index (χ1) is 23.9. The summed E-state index contributed by atoms with van der Waals surface area (Å²) in [7, 11) is 0. The Kier molecular flexibility index (Phi) is 9.82. The summed E-state index contributed by atoms with van der Waals surface area (Å²) in [6, 6.07) is 20.1. The largest absolute Gasteiger partial charge is 0.416 e. The lowest BCUT2D eigenvalue weighted by Gasteiger charge is -2.55. The molecule has 50 heavy (non-hydrogen) atoms. The molecule has 2 aliphatic heterocycles.